The van der Waals surface area contributed by atoms with Crippen molar-refractivity contribution in [2.75, 3.05) is 0 Å². The number of allylic oxidation sites excluding steroid dienone is 4. The summed E-state index contributed by atoms with van der Waals surface area (Å²) in [7, 11) is 0. The zero-order valence-electron chi connectivity index (χ0n) is 12.7. The van der Waals surface area contributed by atoms with Gasteiger partial charge in [0.25, 0.3) is 0 Å². The van der Waals surface area contributed by atoms with Crippen LogP contribution < -0.4 is 0 Å². The largest absolute Gasteiger partial charge is 0.308 e. The first-order valence-corrected chi connectivity index (χ1v) is 8.04. The Hall–Kier alpha value is -1.31. The van der Waals surface area contributed by atoms with Crippen molar-refractivity contribution in [1.82, 2.24) is 0 Å². The molecular weight excluding hydrogens is 371 g/mol. The Balaban J connectivity index is 0.00000106. The number of hydrogen-bond donors (Lipinski definition) is 0. The van der Waals surface area contributed by atoms with E-state index in [1.807, 2.05) is 42.9 Å². The molecule has 2 heteroatoms. The van der Waals surface area contributed by atoms with Gasteiger partial charge < -0.3 is 3.07 Å². The summed E-state index contributed by atoms with van der Waals surface area (Å²) in [6, 6.07) is 6.33. The molecule has 0 saturated carbocycles. The van der Waals surface area contributed by atoms with Gasteiger partial charge in [0.1, 0.15) is 23.0 Å². The highest BCUT2D eigenvalue weighted by atomic mass is 127. The highest BCUT2D eigenvalue weighted by Crippen LogP contribution is 2.35. The van der Waals surface area contributed by atoms with Crippen LogP contribution in [0.1, 0.15) is 43.1 Å². The van der Waals surface area contributed by atoms with Gasteiger partial charge in [-0.05, 0) is 42.2 Å². The van der Waals surface area contributed by atoms with Crippen molar-refractivity contribution in [3.05, 3.63) is 71.8 Å². The second kappa shape index (κ2) is 9.59. The lowest BCUT2D eigenvalue weighted by atomic mass is 10.1. The molecule has 0 spiro atoms. The molecule has 1 nitrogen and oxygen atoms in total. The number of fused-ring (bicyclic) bond motifs is 1. The van der Waals surface area contributed by atoms with E-state index in [4.69, 9.17) is 3.07 Å². The van der Waals surface area contributed by atoms with E-state index in [0.29, 0.717) is 0 Å². The highest BCUT2D eigenvalue weighted by Gasteiger charge is 2.22. The van der Waals surface area contributed by atoms with Crippen LogP contribution in [0, 0.1) is 11.8 Å². The molecule has 1 atom stereocenters. The van der Waals surface area contributed by atoms with E-state index in [9.17, 15) is 0 Å². The van der Waals surface area contributed by atoms with E-state index in [1.165, 1.54) is 11.1 Å². The van der Waals surface area contributed by atoms with Crippen molar-refractivity contribution < 1.29 is 3.07 Å². The predicted octanol–water partition coefficient (Wildman–Crippen LogP) is 5.72. The summed E-state index contributed by atoms with van der Waals surface area (Å²) in [6.45, 7) is 11.4. The molecule has 0 bridgehead atoms. The molecule has 0 radical (unpaired) electrons. The van der Waals surface area contributed by atoms with Gasteiger partial charge in [-0.2, -0.15) is 0 Å². The minimum Gasteiger partial charge on any atom is -0.308 e. The van der Waals surface area contributed by atoms with Crippen molar-refractivity contribution in [1.29, 1.82) is 0 Å². The molecule has 1 aliphatic carbocycles. The molecule has 0 amide bonds. The van der Waals surface area contributed by atoms with Crippen LogP contribution in [-0.4, -0.2) is 0 Å². The third-order valence-corrected chi connectivity index (χ3v) is 3.76. The van der Waals surface area contributed by atoms with Crippen LogP contribution in [0.3, 0.4) is 0 Å². The molecule has 1 aromatic carbocycles. The van der Waals surface area contributed by atoms with E-state index in [1.54, 1.807) is 12.2 Å². The fourth-order valence-corrected chi connectivity index (χ4v) is 2.71. The SMILES string of the molecule is C=C/C=C(/C#Cc1ccc2c(c1)CCC2OI)C=C.CC. The standard InChI is InChI=1S/C17H15IO.C2H6/c1-3-5-13(4-2)6-7-14-8-10-16-15(12-14)9-11-17(16)19-18;1-2/h3-5,8,10,12,17H,1-2,9,11H2;1-2H3/b13-5+;. The van der Waals surface area contributed by atoms with Crippen LogP contribution >= 0.6 is 23.0 Å². The average molecular weight is 392 g/mol. The van der Waals surface area contributed by atoms with Gasteiger partial charge in [0.05, 0.1) is 6.10 Å². The van der Waals surface area contributed by atoms with Crippen LogP contribution in [0.15, 0.2) is 55.2 Å². The van der Waals surface area contributed by atoms with Crippen LogP contribution in [0.5, 0.6) is 0 Å². The van der Waals surface area contributed by atoms with Crippen LogP contribution in [0.2, 0.25) is 0 Å². The maximum atomic E-state index is 5.43. The fourth-order valence-electron chi connectivity index (χ4n) is 2.18. The molecule has 1 aromatic rings. The Bertz CT molecular complexity index is 587. The molecule has 110 valence electrons. The number of rotatable bonds is 3. The van der Waals surface area contributed by atoms with E-state index in [2.05, 4.69) is 43.2 Å². The van der Waals surface area contributed by atoms with Gasteiger partial charge in [0.15, 0.2) is 0 Å². The summed E-state index contributed by atoms with van der Waals surface area (Å²) in [5, 5.41) is 0. The number of halogens is 1. The Morgan fingerprint density at radius 3 is 2.76 bits per heavy atom. The monoisotopic (exact) mass is 392 g/mol. The maximum Gasteiger partial charge on any atom is 0.110 e. The first-order valence-electron chi connectivity index (χ1n) is 7.16. The van der Waals surface area contributed by atoms with E-state index < -0.39 is 0 Å². The lowest BCUT2D eigenvalue weighted by Gasteiger charge is -2.06. The van der Waals surface area contributed by atoms with Gasteiger partial charge in [-0.25, -0.2) is 0 Å². The van der Waals surface area contributed by atoms with Crippen molar-refractivity contribution in [2.45, 2.75) is 32.8 Å². The topological polar surface area (TPSA) is 9.23 Å². The molecular formula is C19H21IO. The highest BCUT2D eigenvalue weighted by molar-refractivity contribution is 14.1. The molecule has 0 saturated heterocycles. The van der Waals surface area contributed by atoms with Gasteiger partial charge in [-0.3, -0.25) is 0 Å². The average Bonchev–Trinajstić information content (AvgIpc) is 2.95. The van der Waals surface area contributed by atoms with Crippen LogP contribution in [0.4, 0.5) is 0 Å². The fraction of sp³-hybridized carbons (Fsp3) is 0.263. The molecule has 0 aromatic heterocycles. The van der Waals surface area contributed by atoms with Crippen molar-refractivity contribution in [3.8, 4) is 11.8 Å². The summed E-state index contributed by atoms with van der Waals surface area (Å²) in [5.74, 6) is 6.26. The Morgan fingerprint density at radius 2 is 2.14 bits per heavy atom. The third-order valence-electron chi connectivity index (χ3n) is 3.14. The third kappa shape index (κ3) is 4.87. The van der Waals surface area contributed by atoms with E-state index in [-0.39, 0.29) is 6.10 Å². The molecule has 0 heterocycles. The zero-order chi connectivity index (χ0) is 15.7. The minimum absolute atomic E-state index is 0.238. The normalized spacial score (nSPS) is 16.0. The second-order valence-electron chi connectivity index (χ2n) is 4.34. The first-order chi connectivity index (χ1) is 10.3. The summed E-state index contributed by atoms with van der Waals surface area (Å²) in [4.78, 5) is 0. The smallest absolute Gasteiger partial charge is 0.110 e. The Kier molecular flexibility index (Phi) is 8.11. The van der Waals surface area contributed by atoms with E-state index >= 15 is 0 Å². The van der Waals surface area contributed by atoms with Gasteiger partial charge in [0.2, 0.25) is 0 Å². The number of hydrogen-bond acceptors (Lipinski definition) is 1. The number of aryl methyl sites for hydroxylation is 1. The van der Waals surface area contributed by atoms with Gasteiger partial charge in [0, 0.05) is 11.1 Å². The molecule has 2 rings (SSSR count). The lowest BCUT2D eigenvalue weighted by Crippen LogP contribution is -1.91. The molecule has 1 aliphatic rings. The predicted molar refractivity (Wildman–Crippen MR) is 99.3 cm³/mol. The number of benzene rings is 1. The summed E-state index contributed by atoms with van der Waals surface area (Å²) in [5.41, 5.74) is 4.56. The summed E-state index contributed by atoms with van der Waals surface area (Å²) >= 11 is 1.98. The Labute approximate surface area is 142 Å². The van der Waals surface area contributed by atoms with Crippen LogP contribution in [0.25, 0.3) is 0 Å². The molecule has 21 heavy (non-hydrogen) atoms. The van der Waals surface area contributed by atoms with Gasteiger partial charge >= 0.3 is 0 Å². The van der Waals surface area contributed by atoms with Crippen LogP contribution in [-0.2, 0) is 9.49 Å². The summed E-state index contributed by atoms with van der Waals surface area (Å²) < 4.78 is 5.43. The lowest BCUT2D eigenvalue weighted by molar-refractivity contribution is 0.292. The molecule has 0 fully saturated rings. The van der Waals surface area contributed by atoms with Crippen molar-refractivity contribution in [2.24, 2.45) is 0 Å². The zero-order valence-corrected chi connectivity index (χ0v) is 14.8. The molecule has 0 aliphatic heterocycles. The van der Waals surface area contributed by atoms with Gasteiger partial charge in [-0.15, -0.1) is 0 Å². The van der Waals surface area contributed by atoms with Crippen molar-refractivity contribution in [3.63, 3.8) is 0 Å². The quantitative estimate of drug-likeness (QED) is 0.363. The Morgan fingerprint density at radius 1 is 1.38 bits per heavy atom. The molecule has 0 N–H and O–H groups in total. The second-order valence-corrected chi connectivity index (χ2v) is 4.85. The van der Waals surface area contributed by atoms with E-state index in [0.717, 1.165) is 24.0 Å². The molecule has 1 unspecified atom stereocenters. The first kappa shape index (κ1) is 17.7. The van der Waals surface area contributed by atoms with Gasteiger partial charge in [-0.1, -0.05) is 57.1 Å². The minimum atomic E-state index is 0.238. The summed E-state index contributed by atoms with van der Waals surface area (Å²) in [6.07, 6.45) is 7.67. The maximum absolute atomic E-state index is 5.43. The van der Waals surface area contributed by atoms with Crippen molar-refractivity contribution >= 4 is 23.0 Å².